The number of benzene rings is 1. The van der Waals surface area contributed by atoms with E-state index in [1.165, 1.54) is 6.07 Å². The maximum atomic E-state index is 10.7. The van der Waals surface area contributed by atoms with E-state index in [1.807, 2.05) is 0 Å². The minimum Gasteiger partial charge on any atom is -0.478 e. The number of carbonyl (C=O) groups is 1. The molecule has 4 heteroatoms. The number of hydrogen-bond donors (Lipinski definition) is 3. The molecule has 0 radical (unpaired) electrons. The largest absolute Gasteiger partial charge is 0.478 e. The van der Waals surface area contributed by atoms with Crippen LogP contribution in [0.4, 0.5) is 0 Å². The Kier molecular flexibility index (Phi) is 3.00. The van der Waals surface area contributed by atoms with Gasteiger partial charge in [0.15, 0.2) is 0 Å². The highest BCUT2D eigenvalue weighted by molar-refractivity contribution is 5.89. The van der Waals surface area contributed by atoms with Crippen LogP contribution in [0, 0.1) is 0 Å². The van der Waals surface area contributed by atoms with Gasteiger partial charge in [-0.25, -0.2) is 4.79 Å². The molecule has 0 aromatic heterocycles. The number of carboxylic acid groups (broad SMARTS) is 1. The van der Waals surface area contributed by atoms with Gasteiger partial charge in [0.1, 0.15) is 0 Å². The predicted molar refractivity (Wildman–Crippen MR) is 47.4 cm³/mol. The number of aliphatic hydroxyl groups excluding tert-OH is 1. The third kappa shape index (κ3) is 2.05. The highest BCUT2D eigenvalue weighted by atomic mass is 16.4. The van der Waals surface area contributed by atoms with Crippen LogP contribution in [0.3, 0.4) is 0 Å². The smallest absolute Gasteiger partial charge is 0.336 e. The molecule has 0 fully saturated rings. The summed E-state index contributed by atoms with van der Waals surface area (Å²) in [5.41, 5.74) is 6.12. The summed E-state index contributed by atoms with van der Waals surface area (Å²) in [6.07, 6.45) is 0. The molecule has 4 N–H and O–H groups in total. The summed E-state index contributed by atoms with van der Waals surface area (Å²) in [7, 11) is 0. The van der Waals surface area contributed by atoms with Gasteiger partial charge in [-0.05, 0) is 11.6 Å². The summed E-state index contributed by atoms with van der Waals surface area (Å²) in [6, 6.07) is 5.75. The molecule has 1 aromatic rings. The van der Waals surface area contributed by atoms with Crippen LogP contribution in [0.15, 0.2) is 24.3 Å². The minimum absolute atomic E-state index is 0.143. The van der Waals surface area contributed by atoms with Crippen molar-refractivity contribution in [2.75, 3.05) is 6.61 Å². The van der Waals surface area contributed by atoms with Crippen molar-refractivity contribution in [1.82, 2.24) is 0 Å². The zero-order valence-corrected chi connectivity index (χ0v) is 6.97. The molecule has 1 unspecified atom stereocenters. The monoisotopic (exact) mass is 181 g/mol. The van der Waals surface area contributed by atoms with E-state index < -0.39 is 12.0 Å². The van der Waals surface area contributed by atoms with Gasteiger partial charge >= 0.3 is 5.97 Å². The number of nitrogens with two attached hydrogens (primary N) is 1. The molecule has 0 amide bonds. The first-order valence-electron chi connectivity index (χ1n) is 3.85. The van der Waals surface area contributed by atoms with Crippen molar-refractivity contribution >= 4 is 5.97 Å². The molecule has 13 heavy (non-hydrogen) atoms. The molecule has 0 heterocycles. The Morgan fingerprint density at radius 3 is 2.62 bits per heavy atom. The van der Waals surface area contributed by atoms with Crippen molar-refractivity contribution in [3.63, 3.8) is 0 Å². The molecule has 1 atom stereocenters. The lowest BCUT2D eigenvalue weighted by Crippen LogP contribution is -2.18. The van der Waals surface area contributed by atoms with Crippen LogP contribution in [-0.4, -0.2) is 22.8 Å². The fourth-order valence-electron chi connectivity index (χ4n) is 1.11. The molecule has 0 bridgehead atoms. The third-order valence-corrected chi connectivity index (χ3v) is 1.79. The molecule has 0 spiro atoms. The number of carboxylic acids is 1. The molecule has 0 saturated heterocycles. The fraction of sp³-hybridized carbons (Fsp3) is 0.222. The normalized spacial score (nSPS) is 12.5. The van der Waals surface area contributed by atoms with Gasteiger partial charge < -0.3 is 15.9 Å². The van der Waals surface area contributed by atoms with Crippen molar-refractivity contribution in [2.24, 2.45) is 5.73 Å². The second kappa shape index (κ2) is 4.02. The molecule has 70 valence electrons. The molecule has 0 saturated carbocycles. The minimum atomic E-state index is -1.03. The summed E-state index contributed by atoms with van der Waals surface area (Å²) in [5, 5.41) is 17.5. The van der Waals surface area contributed by atoms with Gasteiger partial charge in [0.25, 0.3) is 0 Å². The lowest BCUT2D eigenvalue weighted by atomic mass is 10.0. The quantitative estimate of drug-likeness (QED) is 0.629. The zero-order chi connectivity index (χ0) is 9.84. The van der Waals surface area contributed by atoms with Gasteiger partial charge in [0, 0.05) is 0 Å². The second-order valence-electron chi connectivity index (χ2n) is 2.68. The first-order chi connectivity index (χ1) is 6.16. The van der Waals surface area contributed by atoms with Gasteiger partial charge in [-0.3, -0.25) is 0 Å². The fourth-order valence-corrected chi connectivity index (χ4v) is 1.11. The van der Waals surface area contributed by atoms with Gasteiger partial charge in [-0.2, -0.15) is 0 Å². The van der Waals surface area contributed by atoms with Crippen LogP contribution in [-0.2, 0) is 0 Å². The lowest BCUT2D eigenvalue weighted by molar-refractivity contribution is 0.0694. The second-order valence-corrected chi connectivity index (χ2v) is 2.68. The summed E-state index contributed by atoms with van der Waals surface area (Å²) < 4.78 is 0. The first-order valence-corrected chi connectivity index (χ1v) is 3.85. The van der Waals surface area contributed by atoms with Crippen LogP contribution >= 0.6 is 0 Å². The van der Waals surface area contributed by atoms with E-state index in [0.29, 0.717) is 5.56 Å². The van der Waals surface area contributed by atoms with Crippen molar-refractivity contribution < 1.29 is 15.0 Å². The summed E-state index contributed by atoms with van der Waals surface area (Å²) in [4.78, 5) is 10.7. The van der Waals surface area contributed by atoms with E-state index >= 15 is 0 Å². The predicted octanol–water partition coefficient (Wildman–Crippen LogP) is 0.377. The molecule has 0 aliphatic heterocycles. The maximum Gasteiger partial charge on any atom is 0.336 e. The van der Waals surface area contributed by atoms with E-state index in [-0.39, 0.29) is 12.2 Å². The average Bonchev–Trinajstić information content (AvgIpc) is 2.16. The van der Waals surface area contributed by atoms with Gasteiger partial charge in [-0.15, -0.1) is 0 Å². The molecule has 1 rings (SSSR count). The SMILES string of the molecule is NC(CO)c1ccccc1C(=O)O. The topological polar surface area (TPSA) is 83.5 Å². The molecular weight excluding hydrogens is 170 g/mol. The van der Waals surface area contributed by atoms with E-state index in [2.05, 4.69) is 0 Å². The standard InChI is InChI=1S/C9H11NO3/c10-8(5-11)6-3-1-2-4-7(6)9(12)13/h1-4,8,11H,5,10H2,(H,12,13). The van der Waals surface area contributed by atoms with Gasteiger partial charge in [-0.1, -0.05) is 18.2 Å². The highest BCUT2D eigenvalue weighted by Gasteiger charge is 2.13. The highest BCUT2D eigenvalue weighted by Crippen LogP contribution is 2.15. The Balaban J connectivity index is 3.11. The van der Waals surface area contributed by atoms with Crippen LogP contribution < -0.4 is 5.73 Å². The molecule has 0 aliphatic rings. The van der Waals surface area contributed by atoms with Crippen LogP contribution in [0.1, 0.15) is 22.0 Å². The summed E-state index contributed by atoms with van der Waals surface area (Å²) in [5.74, 6) is -1.03. The summed E-state index contributed by atoms with van der Waals surface area (Å²) in [6.45, 7) is -0.260. The van der Waals surface area contributed by atoms with Crippen LogP contribution in [0.25, 0.3) is 0 Å². The number of aliphatic hydroxyl groups is 1. The Hall–Kier alpha value is -1.39. The van der Waals surface area contributed by atoms with Crippen molar-refractivity contribution in [3.05, 3.63) is 35.4 Å². The number of hydrogen-bond acceptors (Lipinski definition) is 3. The summed E-state index contributed by atoms with van der Waals surface area (Å²) >= 11 is 0. The Bertz CT molecular complexity index is 311. The van der Waals surface area contributed by atoms with Crippen molar-refractivity contribution in [2.45, 2.75) is 6.04 Å². The maximum absolute atomic E-state index is 10.7. The number of rotatable bonds is 3. The van der Waals surface area contributed by atoms with Crippen molar-refractivity contribution in [3.8, 4) is 0 Å². The Morgan fingerprint density at radius 1 is 1.46 bits per heavy atom. The molecule has 1 aromatic carbocycles. The van der Waals surface area contributed by atoms with Gasteiger partial charge in [0.2, 0.25) is 0 Å². The van der Waals surface area contributed by atoms with E-state index in [9.17, 15) is 4.79 Å². The van der Waals surface area contributed by atoms with Gasteiger partial charge in [0.05, 0.1) is 18.2 Å². The Labute approximate surface area is 75.6 Å². The number of aromatic carboxylic acids is 1. The lowest BCUT2D eigenvalue weighted by Gasteiger charge is -2.10. The van der Waals surface area contributed by atoms with E-state index in [1.54, 1.807) is 18.2 Å². The van der Waals surface area contributed by atoms with Crippen LogP contribution in [0.5, 0.6) is 0 Å². The first kappa shape index (κ1) is 9.70. The third-order valence-electron chi connectivity index (χ3n) is 1.79. The van der Waals surface area contributed by atoms with E-state index in [0.717, 1.165) is 0 Å². The zero-order valence-electron chi connectivity index (χ0n) is 6.97. The van der Waals surface area contributed by atoms with Crippen LogP contribution in [0.2, 0.25) is 0 Å². The van der Waals surface area contributed by atoms with Crippen molar-refractivity contribution in [1.29, 1.82) is 0 Å². The van der Waals surface area contributed by atoms with E-state index in [4.69, 9.17) is 15.9 Å². The molecular formula is C9H11NO3. The average molecular weight is 181 g/mol. The molecule has 0 aliphatic carbocycles. The Morgan fingerprint density at radius 2 is 2.08 bits per heavy atom. The molecule has 4 nitrogen and oxygen atoms in total.